The van der Waals surface area contributed by atoms with Crippen molar-refractivity contribution in [3.05, 3.63) is 24.6 Å². The summed E-state index contributed by atoms with van der Waals surface area (Å²) in [5.74, 6) is 1.05. The molecule has 0 bridgehead atoms. The molecule has 6 heteroatoms. The van der Waals surface area contributed by atoms with E-state index < -0.39 is 0 Å². The van der Waals surface area contributed by atoms with E-state index in [1.807, 2.05) is 0 Å². The number of alkyl halides is 1. The molecule has 0 amide bonds. The quantitative estimate of drug-likeness (QED) is 0.677. The van der Waals surface area contributed by atoms with Crippen LogP contribution in [0.25, 0.3) is 11.4 Å². The second-order valence-corrected chi connectivity index (χ2v) is 2.54. The molecule has 0 aromatic carbocycles. The van der Waals surface area contributed by atoms with Crippen LogP contribution >= 0.6 is 11.6 Å². The molecule has 66 valence electrons. The number of hydrogen-bond donors (Lipinski definition) is 0. The van der Waals surface area contributed by atoms with Crippen LogP contribution in [0.4, 0.5) is 0 Å². The van der Waals surface area contributed by atoms with Gasteiger partial charge in [-0.15, -0.1) is 11.6 Å². The van der Waals surface area contributed by atoms with E-state index in [4.69, 9.17) is 16.1 Å². The summed E-state index contributed by atoms with van der Waals surface area (Å²) in [7, 11) is 0. The number of nitrogens with zero attached hydrogens (tertiary/aromatic N) is 4. The van der Waals surface area contributed by atoms with E-state index in [0.29, 0.717) is 17.3 Å². The highest BCUT2D eigenvalue weighted by Gasteiger charge is 2.06. The van der Waals surface area contributed by atoms with E-state index in [1.54, 1.807) is 12.4 Å². The van der Waals surface area contributed by atoms with Gasteiger partial charge in [0.15, 0.2) is 0 Å². The third-order valence-electron chi connectivity index (χ3n) is 1.40. The number of rotatable bonds is 2. The molecule has 0 spiro atoms. The lowest BCUT2D eigenvalue weighted by molar-refractivity contribution is 0.391. The van der Waals surface area contributed by atoms with E-state index >= 15 is 0 Å². The smallest absolute Gasteiger partial charge is 0.241 e. The first-order chi connectivity index (χ1) is 6.40. The standard InChI is InChI=1S/C7H5ClN4O/c8-1-6-11-7(12-13-6)5-2-9-4-10-3-5/h2-4H,1H2. The zero-order valence-electron chi connectivity index (χ0n) is 6.51. The first-order valence-electron chi connectivity index (χ1n) is 3.54. The van der Waals surface area contributed by atoms with Gasteiger partial charge in [0.1, 0.15) is 12.2 Å². The lowest BCUT2D eigenvalue weighted by Crippen LogP contribution is -1.84. The average Bonchev–Trinajstić information content (AvgIpc) is 2.67. The topological polar surface area (TPSA) is 64.7 Å². The maximum absolute atomic E-state index is 5.50. The normalized spacial score (nSPS) is 10.2. The van der Waals surface area contributed by atoms with Crippen molar-refractivity contribution in [2.24, 2.45) is 0 Å². The summed E-state index contributed by atoms with van der Waals surface area (Å²) in [5.41, 5.74) is 0.711. The first-order valence-corrected chi connectivity index (χ1v) is 4.07. The van der Waals surface area contributed by atoms with Crippen LogP contribution in [0.1, 0.15) is 5.89 Å². The fourth-order valence-corrected chi connectivity index (χ4v) is 0.950. The van der Waals surface area contributed by atoms with E-state index in [1.165, 1.54) is 6.33 Å². The molecule has 0 aliphatic heterocycles. The van der Waals surface area contributed by atoms with Gasteiger partial charge in [-0.1, -0.05) is 5.16 Å². The molecule has 0 saturated carbocycles. The van der Waals surface area contributed by atoms with Crippen LogP contribution < -0.4 is 0 Å². The van der Waals surface area contributed by atoms with Crippen molar-refractivity contribution in [3.8, 4) is 11.4 Å². The van der Waals surface area contributed by atoms with Crippen LogP contribution in [-0.2, 0) is 5.88 Å². The highest BCUT2D eigenvalue weighted by atomic mass is 35.5. The summed E-state index contributed by atoms with van der Waals surface area (Å²) in [4.78, 5) is 11.7. The molecule has 0 unspecified atom stereocenters. The molecular formula is C7H5ClN4O. The summed E-state index contributed by atoms with van der Waals surface area (Å²) in [6, 6.07) is 0. The molecule has 0 N–H and O–H groups in total. The van der Waals surface area contributed by atoms with Crippen LogP contribution in [0.3, 0.4) is 0 Å². The molecule has 0 atom stereocenters. The SMILES string of the molecule is ClCc1nc(-c2cncnc2)no1. The molecule has 2 aromatic rings. The van der Waals surface area contributed by atoms with Gasteiger partial charge in [-0.2, -0.15) is 4.98 Å². The van der Waals surface area contributed by atoms with Crippen LogP contribution in [0.5, 0.6) is 0 Å². The Morgan fingerprint density at radius 1 is 1.31 bits per heavy atom. The van der Waals surface area contributed by atoms with Gasteiger partial charge < -0.3 is 4.52 Å². The highest BCUT2D eigenvalue weighted by Crippen LogP contribution is 2.12. The first kappa shape index (κ1) is 8.12. The molecule has 2 heterocycles. The Labute approximate surface area is 78.8 Å². The van der Waals surface area contributed by atoms with Gasteiger partial charge in [-0.05, 0) is 0 Å². The predicted octanol–water partition coefficient (Wildman–Crippen LogP) is 1.27. The van der Waals surface area contributed by atoms with Gasteiger partial charge in [0.2, 0.25) is 11.7 Å². The molecule has 5 nitrogen and oxygen atoms in total. The molecule has 0 radical (unpaired) electrons. The number of aromatic nitrogens is 4. The molecule has 2 rings (SSSR count). The van der Waals surface area contributed by atoms with Gasteiger partial charge in [-0.25, -0.2) is 9.97 Å². The Kier molecular flexibility index (Phi) is 2.18. The van der Waals surface area contributed by atoms with Crippen molar-refractivity contribution in [1.82, 2.24) is 20.1 Å². The van der Waals surface area contributed by atoms with Gasteiger partial charge >= 0.3 is 0 Å². The summed E-state index contributed by atoms with van der Waals surface area (Å²) >= 11 is 5.50. The Balaban J connectivity index is 2.36. The molecule has 0 fully saturated rings. The summed E-state index contributed by atoms with van der Waals surface area (Å²) in [6.45, 7) is 0. The van der Waals surface area contributed by atoms with Crippen LogP contribution in [0, 0.1) is 0 Å². The minimum Gasteiger partial charge on any atom is -0.338 e. The third kappa shape index (κ3) is 1.65. The van der Waals surface area contributed by atoms with Crippen molar-refractivity contribution in [2.75, 3.05) is 0 Å². The van der Waals surface area contributed by atoms with Gasteiger partial charge in [0.05, 0.1) is 5.56 Å². The maximum atomic E-state index is 5.50. The second kappa shape index (κ2) is 3.49. The van der Waals surface area contributed by atoms with Crippen LogP contribution in [0.2, 0.25) is 0 Å². The third-order valence-corrected chi connectivity index (χ3v) is 1.63. The van der Waals surface area contributed by atoms with Gasteiger partial charge in [0.25, 0.3) is 0 Å². The molecule has 0 saturated heterocycles. The minimum atomic E-state index is 0.209. The Morgan fingerprint density at radius 3 is 2.69 bits per heavy atom. The Morgan fingerprint density at radius 2 is 2.08 bits per heavy atom. The second-order valence-electron chi connectivity index (χ2n) is 2.27. The summed E-state index contributed by atoms with van der Waals surface area (Å²) < 4.78 is 4.82. The van der Waals surface area contributed by atoms with Crippen LogP contribution in [0.15, 0.2) is 23.2 Å². The van der Waals surface area contributed by atoms with Crippen molar-refractivity contribution in [3.63, 3.8) is 0 Å². The highest BCUT2D eigenvalue weighted by molar-refractivity contribution is 6.16. The fraction of sp³-hybridized carbons (Fsp3) is 0.143. The maximum Gasteiger partial charge on any atom is 0.241 e. The fourth-order valence-electron chi connectivity index (χ4n) is 0.841. The zero-order valence-corrected chi connectivity index (χ0v) is 7.27. The predicted molar refractivity (Wildman–Crippen MR) is 44.9 cm³/mol. The average molecular weight is 197 g/mol. The van der Waals surface area contributed by atoms with Crippen molar-refractivity contribution >= 4 is 11.6 Å². The van der Waals surface area contributed by atoms with Crippen molar-refractivity contribution in [1.29, 1.82) is 0 Å². The van der Waals surface area contributed by atoms with E-state index in [-0.39, 0.29) is 5.88 Å². The molecule has 13 heavy (non-hydrogen) atoms. The monoisotopic (exact) mass is 196 g/mol. The van der Waals surface area contributed by atoms with Crippen molar-refractivity contribution < 1.29 is 4.52 Å². The van der Waals surface area contributed by atoms with Gasteiger partial charge in [-0.3, -0.25) is 0 Å². The summed E-state index contributed by atoms with van der Waals surface area (Å²) in [5, 5.41) is 3.71. The molecule has 0 aliphatic rings. The lowest BCUT2D eigenvalue weighted by Gasteiger charge is -1.88. The molecular weight excluding hydrogens is 192 g/mol. The largest absolute Gasteiger partial charge is 0.338 e. The lowest BCUT2D eigenvalue weighted by atomic mass is 10.3. The number of hydrogen-bond acceptors (Lipinski definition) is 5. The summed E-state index contributed by atoms with van der Waals surface area (Å²) in [6.07, 6.45) is 4.65. The number of halogens is 1. The van der Waals surface area contributed by atoms with Crippen molar-refractivity contribution in [2.45, 2.75) is 5.88 Å². The minimum absolute atomic E-state index is 0.209. The Hall–Kier alpha value is -1.49. The molecule has 0 aliphatic carbocycles. The van der Waals surface area contributed by atoms with E-state index in [2.05, 4.69) is 20.1 Å². The Bertz CT molecular complexity index is 388. The van der Waals surface area contributed by atoms with E-state index in [9.17, 15) is 0 Å². The zero-order chi connectivity index (χ0) is 9.10. The van der Waals surface area contributed by atoms with Crippen LogP contribution in [-0.4, -0.2) is 20.1 Å². The molecule has 2 aromatic heterocycles. The van der Waals surface area contributed by atoms with Gasteiger partial charge in [0, 0.05) is 12.4 Å². The van der Waals surface area contributed by atoms with E-state index in [0.717, 1.165) is 0 Å².